The van der Waals surface area contributed by atoms with Crippen molar-refractivity contribution in [2.75, 3.05) is 0 Å². The van der Waals surface area contributed by atoms with E-state index in [0.29, 0.717) is 10.0 Å². The number of imidazole rings is 1. The third kappa shape index (κ3) is 3.72. The number of rotatable bonds is 4. The van der Waals surface area contributed by atoms with Crippen molar-refractivity contribution in [2.24, 2.45) is 0 Å². The molecule has 22 heavy (non-hydrogen) atoms. The van der Waals surface area contributed by atoms with E-state index in [2.05, 4.69) is 37.6 Å². The van der Waals surface area contributed by atoms with Gasteiger partial charge in [-0.1, -0.05) is 57.3 Å². The lowest BCUT2D eigenvalue weighted by Gasteiger charge is -2.09. The molecule has 0 aliphatic rings. The highest BCUT2D eigenvalue weighted by Crippen LogP contribution is 2.23. The van der Waals surface area contributed by atoms with Crippen molar-refractivity contribution in [3.05, 3.63) is 86.3 Å². The normalized spacial score (nSPS) is 10.9. The standard InChI is InChI=1S/C17H13BrCl2N2/c18-14-3-1-2-12(8-14)10-17-21-6-7-22(17)11-13-4-5-15(19)16(20)9-13/h1-9H,10-11H2. The van der Waals surface area contributed by atoms with Gasteiger partial charge in [0.15, 0.2) is 0 Å². The van der Waals surface area contributed by atoms with Crippen LogP contribution in [0.3, 0.4) is 0 Å². The summed E-state index contributed by atoms with van der Waals surface area (Å²) in [4.78, 5) is 4.47. The molecule has 3 aromatic rings. The lowest BCUT2D eigenvalue weighted by molar-refractivity contribution is 0.740. The van der Waals surface area contributed by atoms with Gasteiger partial charge in [-0.3, -0.25) is 0 Å². The Bertz CT molecular complexity index is 799. The fraction of sp³-hybridized carbons (Fsp3) is 0.118. The Kier molecular flexibility index (Phi) is 4.87. The van der Waals surface area contributed by atoms with Gasteiger partial charge in [0.05, 0.1) is 10.0 Å². The fourth-order valence-corrected chi connectivity index (χ4v) is 3.08. The molecule has 0 unspecified atom stereocenters. The molecule has 3 rings (SSSR count). The van der Waals surface area contributed by atoms with E-state index in [1.807, 2.05) is 42.7 Å². The number of aromatic nitrogens is 2. The number of hydrogen-bond donors (Lipinski definition) is 0. The fourth-order valence-electron chi connectivity index (χ4n) is 2.32. The molecular formula is C17H13BrCl2N2. The minimum Gasteiger partial charge on any atom is -0.330 e. The maximum atomic E-state index is 6.08. The Morgan fingerprint density at radius 2 is 1.86 bits per heavy atom. The molecule has 112 valence electrons. The number of halogens is 3. The molecule has 0 saturated carbocycles. The lowest BCUT2D eigenvalue weighted by Crippen LogP contribution is -2.05. The maximum absolute atomic E-state index is 6.08. The highest BCUT2D eigenvalue weighted by Gasteiger charge is 2.07. The van der Waals surface area contributed by atoms with Crippen molar-refractivity contribution in [2.45, 2.75) is 13.0 Å². The van der Waals surface area contributed by atoms with Crippen LogP contribution >= 0.6 is 39.1 Å². The van der Waals surface area contributed by atoms with Crippen LogP contribution in [-0.4, -0.2) is 9.55 Å². The maximum Gasteiger partial charge on any atom is 0.113 e. The summed E-state index contributed by atoms with van der Waals surface area (Å²) in [5.41, 5.74) is 2.32. The third-order valence-corrected chi connectivity index (χ3v) is 4.62. The molecule has 0 N–H and O–H groups in total. The molecule has 0 aliphatic carbocycles. The van der Waals surface area contributed by atoms with E-state index in [1.54, 1.807) is 0 Å². The number of benzene rings is 2. The zero-order chi connectivity index (χ0) is 15.5. The van der Waals surface area contributed by atoms with Crippen LogP contribution in [0.4, 0.5) is 0 Å². The van der Waals surface area contributed by atoms with Gasteiger partial charge in [-0.25, -0.2) is 4.98 Å². The van der Waals surface area contributed by atoms with Crippen LogP contribution in [0, 0.1) is 0 Å². The van der Waals surface area contributed by atoms with E-state index in [0.717, 1.165) is 28.8 Å². The second-order valence-electron chi connectivity index (χ2n) is 5.03. The average molecular weight is 396 g/mol. The van der Waals surface area contributed by atoms with Gasteiger partial charge in [0.2, 0.25) is 0 Å². The molecule has 1 heterocycles. The molecule has 0 fully saturated rings. The van der Waals surface area contributed by atoms with Crippen molar-refractivity contribution in [1.82, 2.24) is 9.55 Å². The van der Waals surface area contributed by atoms with E-state index in [4.69, 9.17) is 23.2 Å². The Labute approximate surface area is 147 Å². The van der Waals surface area contributed by atoms with E-state index in [-0.39, 0.29) is 0 Å². The molecule has 2 nitrogen and oxygen atoms in total. The first-order chi connectivity index (χ1) is 10.6. The predicted molar refractivity (Wildman–Crippen MR) is 94.7 cm³/mol. The van der Waals surface area contributed by atoms with Gasteiger partial charge in [-0.05, 0) is 35.4 Å². The van der Waals surface area contributed by atoms with Gasteiger partial charge in [-0.15, -0.1) is 0 Å². The van der Waals surface area contributed by atoms with Crippen molar-refractivity contribution < 1.29 is 0 Å². The monoisotopic (exact) mass is 394 g/mol. The van der Waals surface area contributed by atoms with Gasteiger partial charge in [0, 0.05) is 29.8 Å². The first-order valence-corrected chi connectivity index (χ1v) is 8.35. The molecule has 0 saturated heterocycles. The Balaban J connectivity index is 1.81. The molecule has 0 spiro atoms. The minimum atomic E-state index is 0.574. The first-order valence-electron chi connectivity index (χ1n) is 6.80. The van der Waals surface area contributed by atoms with Crippen LogP contribution in [0.2, 0.25) is 10.0 Å². The average Bonchev–Trinajstić information content (AvgIpc) is 2.90. The van der Waals surface area contributed by atoms with Gasteiger partial charge < -0.3 is 4.57 Å². The summed E-state index contributed by atoms with van der Waals surface area (Å²) in [7, 11) is 0. The molecule has 2 aromatic carbocycles. The Morgan fingerprint density at radius 3 is 2.64 bits per heavy atom. The van der Waals surface area contributed by atoms with Crippen LogP contribution in [0.1, 0.15) is 17.0 Å². The van der Waals surface area contributed by atoms with E-state index >= 15 is 0 Å². The van der Waals surface area contributed by atoms with Gasteiger partial charge in [-0.2, -0.15) is 0 Å². The van der Waals surface area contributed by atoms with Crippen molar-refractivity contribution >= 4 is 39.1 Å². The van der Waals surface area contributed by atoms with Crippen molar-refractivity contribution in [3.8, 4) is 0 Å². The van der Waals surface area contributed by atoms with Crippen LogP contribution in [-0.2, 0) is 13.0 Å². The summed E-state index contributed by atoms with van der Waals surface area (Å²) in [6, 6.07) is 14.0. The van der Waals surface area contributed by atoms with Crippen LogP contribution < -0.4 is 0 Å². The highest BCUT2D eigenvalue weighted by molar-refractivity contribution is 9.10. The molecular weight excluding hydrogens is 383 g/mol. The molecule has 1 aromatic heterocycles. The second kappa shape index (κ2) is 6.86. The van der Waals surface area contributed by atoms with Crippen LogP contribution in [0.5, 0.6) is 0 Å². The van der Waals surface area contributed by atoms with Crippen molar-refractivity contribution in [1.29, 1.82) is 0 Å². The van der Waals surface area contributed by atoms with Gasteiger partial charge >= 0.3 is 0 Å². The summed E-state index contributed by atoms with van der Waals surface area (Å²) >= 11 is 15.5. The summed E-state index contributed by atoms with van der Waals surface area (Å²) in [5, 5.41) is 1.15. The zero-order valence-electron chi connectivity index (χ0n) is 11.6. The Hall–Kier alpha value is -1.29. The van der Waals surface area contributed by atoms with Gasteiger partial charge in [0.25, 0.3) is 0 Å². The third-order valence-electron chi connectivity index (χ3n) is 3.39. The van der Waals surface area contributed by atoms with Crippen LogP contribution in [0.25, 0.3) is 0 Å². The topological polar surface area (TPSA) is 17.8 Å². The van der Waals surface area contributed by atoms with E-state index < -0.39 is 0 Å². The molecule has 0 radical (unpaired) electrons. The molecule has 0 aliphatic heterocycles. The smallest absolute Gasteiger partial charge is 0.113 e. The van der Waals surface area contributed by atoms with Crippen LogP contribution in [0.15, 0.2) is 59.3 Å². The lowest BCUT2D eigenvalue weighted by atomic mass is 10.1. The SMILES string of the molecule is Clc1ccc(Cn2ccnc2Cc2cccc(Br)c2)cc1Cl. The highest BCUT2D eigenvalue weighted by atomic mass is 79.9. The number of nitrogens with zero attached hydrogens (tertiary/aromatic N) is 2. The quantitative estimate of drug-likeness (QED) is 0.562. The van der Waals surface area contributed by atoms with Crippen molar-refractivity contribution in [3.63, 3.8) is 0 Å². The molecule has 0 bridgehead atoms. The predicted octanol–water partition coefficient (Wildman–Crippen LogP) is 5.59. The summed E-state index contributed by atoms with van der Waals surface area (Å²) in [5.74, 6) is 1.02. The van der Waals surface area contributed by atoms with E-state index in [1.165, 1.54) is 5.56 Å². The largest absolute Gasteiger partial charge is 0.330 e. The Morgan fingerprint density at radius 1 is 1.00 bits per heavy atom. The first kappa shape index (κ1) is 15.6. The van der Waals surface area contributed by atoms with E-state index in [9.17, 15) is 0 Å². The zero-order valence-corrected chi connectivity index (χ0v) is 14.7. The summed E-state index contributed by atoms with van der Waals surface area (Å²) in [6.45, 7) is 0.722. The molecule has 0 amide bonds. The summed E-state index contributed by atoms with van der Waals surface area (Å²) < 4.78 is 3.20. The second-order valence-corrected chi connectivity index (χ2v) is 6.76. The minimum absolute atomic E-state index is 0.574. The summed E-state index contributed by atoms with van der Waals surface area (Å²) in [6.07, 6.45) is 4.59. The molecule has 5 heteroatoms. The van der Waals surface area contributed by atoms with Gasteiger partial charge in [0.1, 0.15) is 5.82 Å². The molecule has 0 atom stereocenters. The number of hydrogen-bond acceptors (Lipinski definition) is 1.